The Balaban J connectivity index is 1.95. The zero-order valence-corrected chi connectivity index (χ0v) is 14.1. The molecule has 0 spiro atoms. The molecule has 0 saturated heterocycles. The van der Waals surface area contributed by atoms with Gasteiger partial charge in [0.1, 0.15) is 17.7 Å². The third-order valence-corrected chi connectivity index (χ3v) is 3.62. The summed E-state index contributed by atoms with van der Waals surface area (Å²) < 4.78 is 25.2. The Morgan fingerprint density at radius 2 is 1.92 bits per heavy atom. The fourth-order valence-corrected chi connectivity index (χ4v) is 2.17. The Morgan fingerprint density at radius 3 is 2.54 bits per heavy atom. The van der Waals surface area contributed by atoms with Crippen LogP contribution in [-0.4, -0.2) is 21.8 Å². The van der Waals surface area contributed by atoms with Crippen molar-refractivity contribution in [1.82, 2.24) is 20.6 Å². The van der Waals surface area contributed by atoms with Gasteiger partial charge in [0.25, 0.3) is 12.3 Å². The van der Waals surface area contributed by atoms with Gasteiger partial charge in [-0.25, -0.2) is 18.7 Å². The molecule has 2 N–H and O–H groups in total. The van der Waals surface area contributed by atoms with E-state index >= 15 is 0 Å². The van der Waals surface area contributed by atoms with Crippen LogP contribution >= 0.6 is 0 Å². The lowest BCUT2D eigenvalue weighted by Gasteiger charge is -2.13. The molecule has 2 aromatic rings. The second-order valence-electron chi connectivity index (χ2n) is 5.49. The molecule has 8 heteroatoms. The zero-order chi connectivity index (χ0) is 19.1. The quantitative estimate of drug-likeness (QED) is 0.744. The molecule has 1 aromatic carbocycles. The van der Waals surface area contributed by atoms with Gasteiger partial charge in [-0.15, -0.1) is 0 Å². The fourth-order valence-electron chi connectivity index (χ4n) is 2.17. The molecule has 0 aliphatic heterocycles. The number of hydrogen-bond acceptors (Lipinski definition) is 4. The highest BCUT2D eigenvalue weighted by molar-refractivity contribution is 5.92. The third-order valence-electron chi connectivity index (χ3n) is 3.62. The van der Waals surface area contributed by atoms with E-state index in [0.29, 0.717) is 0 Å². The number of benzene rings is 1. The number of amides is 2. The Hall–Kier alpha value is -3.16. The number of carbonyl (C=O) groups excluding carboxylic acids is 2. The molecule has 1 unspecified atom stereocenters. The molecule has 26 heavy (non-hydrogen) atoms. The largest absolute Gasteiger partial charge is 0.347 e. The highest BCUT2D eigenvalue weighted by atomic mass is 19.3. The molecule has 0 saturated carbocycles. The summed E-state index contributed by atoms with van der Waals surface area (Å²) in [5, 5.41) is 5.36. The van der Waals surface area contributed by atoms with E-state index in [4.69, 9.17) is 0 Å². The first-order chi connectivity index (χ1) is 12.4. The average Bonchev–Trinajstić information content (AvgIpc) is 2.66. The van der Waals surface area contributed by atoms with Gasteiger partial charge < -0.3 is 10.6 Å². The highest BCUT2D eigenvalue weighted by Crippen LogP contribution is 2.16. The number of aromatic nitrogens is 2. The van der Waals surface area contributed by atoms with Crippen LogP contribution in [0.15, 0.2) is 49.3 Å². The van der Waals surface area contributed by atoms with E-state index in [9.17, 15) is 18.4 Å². The van der Waals surface area contributed by atoms with Crippen LogP contribution < -0.4 is 10.6 Å². The molecule has 2 rings (SSSR count). The van der Waals surface area contributed by atoms with Crippen molar-refractivity contribution in [2.75, 3.05) is 0 Å². The van der Waals surface area contributed by atoms with E-state index in [1.54, 1.807) is 12.1 Å². The van der Waals surface area contributed by atoms with E-state index in [1.165, 1.54) is 6.08 Å². The molecule has 1 heterocycles. The molecule has 6 nitrogen and oxygen atoms in total. The van der Waals surface area contributed by atoms with Crippen LogP contribution in [0, 0.1) is 0 Å². The average molecular weight is 360 g/mol. The maximum Gasteiger partial charge on any atom is 0.280 e. The lowest BCUT2D eigenvalue weighted by atomic mass is 10.1. The van der Waals surface area contributed by atoms with Crippen LogP contribution in [0.1, 0.15) is 46.7 Å². The second kappa shape index (κ2) is 8.80. The maximum absolute atomic E-state index is 12.6. The van der Waals surface area contributed by atoms with Crippen molar-refractivity contribution in [2.24, 2.45) is 0 Å². The summed E-state index contributed by atoms with van der Waals surface area (Å²) >= 11 is 0. The molecular weight excluding hydrogens is 342 g/mol. The smallest absolute Gasteiger partial charge is 0.280 e. The monoisotopic (exact) mass is 360 g/mol. The minimum Gasteiger partial charge on any atom is -0.347 e. The first-order valence-electron chi connectivity index (χ1n) is 7.80. The third kappa shape index (κ3) is 5.17. The summed E-state index contributed by atoms with van der Waals surface area (Å²) in [5.74, 6) is -0.827. The van der Waals surface area contributed by atoms with Gasteiger partial charge in [0.05, 0.1) is 6.04 Å². The van der Waals surface area contributed by atoms with Gasteiger partial charge in [-0.2, -0.15) is 0 Å². The normalized spacial score (nSPS) is 11.7. The summed E-state index contributed by atoms with van der Waals surface area (Å²) in [6.45, 7) is 5.45. The van der Waals surface area contributed by atoms with Crippen molar-refractivity contribution in [3.63, 3.8) is 0 Å². The van der Waals surface area contributed by atoms with E-state index in [-0.39, 0.29) is 24.2 Å². The number of rotatable bonds is 7. The van der Waals surface area contributed by atoms with E-state index in [0.717, 1.165) is 23.5 Å². The lowest BCUT2D eigenvalue weighted by molar-refractivity contribution is -0.117. The molecular formula is C18H18F2N4O2. The van der Waals surface area contributed by atoms with Crippen molar-refractivity contribution in [3.8, 4) is 0 Å². The number of nitrogens with one attached hydrogen (secondary N) is 2. The van der Waals surface area contributed by atoms with Crippen LogP contribution in [0.4, 0.5) is 8.78 Å². The fraction of sp³-hybridized carbons (Fsp3) is 0.222. The molecule has 1 aromatic heterocycles. The number of nitrogens with zero attached hydrogens (tertiary/aromatic N) is 2. The topological polar surface area (TPSA) is 84.0 Å². The van der Waals surface area contributed by atoms with E-state index in [2.05, 4.69) is 27.2 Å². The molecule has 136 valence electrons. The van der Waals surface area contributed by atoms with Crippen molar-refractivity contribution in [1.29, 1.82) is 0 Å². The molecule has 0 fully saturated rings. The van der Waals surface area contributed by atoms with Crippen LogP contribution in [0.2, 0.25) is 0 Å². The Labute approximate surface area is 149 Å². The van der Waals surface area contributed by atoms with Crippen molar-refractivity contribution < 1.29 is 18.4 Å². The maximum atomic E-state index is 12.6. The zero-order valence-electron chi connectivity index (χ0n) is 14.1. The lowest BCUT2D eigenvalue weighted by Crippen LogP contribution is -2.25. The van der Waals surface area contributed by atoms with E-state index in [1.807, 2.05) is 19.1 Å². The highest BCUT2D eigenvalue weighted by Gasteiger charge is 2.14. The van der Waals surface area contributed by atoms with Crippen LogP contribution in [0.5, 0.6) is 0 Å². The Bertz CT molecular complexity index is 794. The Morgan fingerprint density at radius 1 is 1.23 bits per heavy atom. The van der Waals surface area contributed by atoms with Gasteiger partial charge >= 0.3 is 0 Å². The van der Waals surface area contributed by atoms with Crippen molar-refractivity contribution in [2.45, 2.75) is 25.9 Å². The SMILES string of the molecule is C=CC(=O)NC(C)c1ccc(CNC(=O)c2cc(C(F)F)ncn2)cc1. The molecule has 2 amide bonds. The van der Waals surface area contributed by atoms with Gasteiger partial charge in [-0.1, -0.05) is 30.8 Å². The molecule has 0 radical (unpaired) electrons. The Kier molecular flexibility index (Phi) is 6.48. The van der Waals surface area contributed by atoms with Gasteiger partial charge in [0.2, 0.25) is 5.91 Å². The molecule has 0 aliphatic carbocycles. The minimum atomic E-state index is -2.76. The number of halogens is 2. The number of carbonyl (C=O) groups is 2. The summed E-state index contributed by atoms with van der Waals surface area (Å²) in [4.78, 5) is 30.4. The first-order valence-corrected chi connectivity index (χ1v) is 7.80. The van der Waals surface area contributed by atoms with Gasteiger partial charge in [-0.05, 0) is 30.2 Å². The molecule has 1 atom stereocenters. The minimum absolute atomic E-state index is 0.118. The van der Waals surface area contributed by atoms with Crippen molar-refractivity contribution >= 4 is 11.8 Å². The van der Waals surface area contributed by atoms with Crippen LogP contribution in [-0.2, 0) is 11.3 Å². The van der Waals surface area contributed by atoms with Gasteiger partial charge in [0, 0.05) is 6.54 Å². The summed E-state index contributed by atoms with van der Waals surface area (Å²) in [6, 6.07) is 8.04. The predicted molar refractivity (Wildman–Crippen MR) is 91.4 cm³/mol. The van der Waals surface area contributed by atoms with Crippen LogP contribution in [0.3, 0.4) is 0 Å². The first kappa shape index (κ1) is 19.2. The van der Waals surface area contributed by atoms with Gasteiger partial charge in [0.15, 0.2) is 0 Å². The van der Waals surface area contributed by atoms with Gasteiger partial charge in [-0.3, -0.25) is 9.59 Å². The predicted octanol–water partition coefficient (Wildman–Crippen LogP) is 2.71. The number of hydrogen-bond donors (Lipinski definition) is 2. The second-order valence-corrected chi connectivity index (χ2v) is 5.49. The standard InChI is InChI=1S/C18H18F2N4O2/c1-3-16(25)24-11(2)13-6-4-12(5-7-13)9-21-18(26)15-8-14(17(19)20)22-10-23-15/h3-8,10-11,17H,1,9H2,2H3,(H,21,26)(H,24,25). The number of alkyl halides is 2. The van der Waals surface area contributed by atoms with E-state index < -0.39 is 18.0 Å². The summed E-state index contributed by atoms with van der Waals surface area (Å²) in [7, 11) is 0. The summed E-state index contributed by atoms with van der Waals surface area (Å²) in [6.07, 6.45) is -0.627. The molecule has 0 aliphatic rings. The summed E-state index contributed by atoms with van der Waals surface area (Å²) in [5.41, 5.74) is 1.10. The van der Waals surface area contributed by atoms with Crippen LogP contribution in [0.25, 0.3) is 0 Å². The molecule has 0 bridgehead atoms. The van der Waals surface area contributed by atoms with Crippen molar-refractivity contribution in [3.05, 3.63) is 71.8 Å².